The van der Waals surface area contributed by atoms with Gasteiger partial charge in [-0.2, -0.15) is 0 Å². The van der Waals surface area contributed by atoms with Gasteiger partial charge in [0.15, 0.2) is 5.69 Å². The van der Waals surface area contributed by atoms with E-state index in [1.54, 1.807) is 34.1 Å². The van der Waals surface area contributed by atoms with Gasteiger partial charge in [-0.05, 0) is 38.8 Å². The molecule has 2 aromatic rings. The lowest BCUT2D eigenvalue weighted by molar-refractivity contribution is 0.0696. The number of pyridine rings is 1. The molecule has 1 aliphatic rings. The monoisotopic (exact) mass is 372 g/mol. The van der Waals surface area contributed by atoms with Crippen molar-refractivity contribution in [2.75, 3.05) is 31.1 Å². The Balaban J connectivity index is 1.67. The molecule has 144 valence electrons. The first kappa shape index (κ1) is 18.8. The van der Waals surface area contributed by atoms with Crippen LogP contribution in [0, 0.1) is 0 Å². The van der Waals surface area contributed by atoms with Crippen molar-refractivity contribution in [2.45, 2.75) is 32.7 Å². The molecule has 2 aromatic heterocycles. The molecule has 3 rings (SSSR count). The summed E-state index contributed by atoms with van der Waals surface area (Å²) in [4.78, 5) is 31.7. The molecular weight excluding hydrogens is 348 g/mol. The molecule has 0 aromatic carbocycles. The van der Waals surface area contributed by atoms with Crippen LogP contribution in [0.5, 0.6) is 0 Å². The zero-order valence-corrected chi connectivity index (χ0v) is 15.6. The molecule has 1 saturated heterocycles. The third kappa shape index (κ3) is 3.91. The van der Waals surface area contributed by atoms with Crippen LogP contribution in [0.3, 0.4) is 0 Å². The summed E-state index contributed by atoms with van der Waals surface area (Å²) in [6.07, 6.45) is 4.87. The van der Waals surface area contributed by atoms with Crippen molar-refractivity contribution in [1.29, 1.82) is 0 Å². The summed E-state index contributed by atoms with van der Waals surface area (Å²) in [5, 5.41) is 17.5. The molecule has 0 atom stereocenters. The lowest BCUT2D eigenvalue weighted by Crippen LogP contribution is -2.36. The lowest BCUT2D eigenvalue weighted by atomic mass is 10.0. The van der Waals surface area contributed by atoms with Crippen molar-refractivity contribution < 1.29 is 14.7 Å². The van der Waals surface area contributed by atoms with Gasteiger partial charge in [0.25, 0.3) is 5.91 Å². The van der Waals surface area contributed by atoms with E-state index in [0.29, 0.717) is 37.7 Å². The summed E-state index contributed by atoms with van der Waals surface area (Å²) < 4.78 is 1.75. The van der Waals surface area contributed by atoms with Gasteiger partial charge in [0.2, 0.25) is 0 Å². The molecule has 1 amide bonds. The molecule has 0 saturated carbocycles. The molecule has 1 fully saturated rings. The summed E-state index contributed by atoms with van der Waals surface area (Å²) >= 11 is 0. The zero-order chi connectivity index (χ0) is 19.4. The SMILES string of the molecule is CCN(CC)C(=O)c1cn(C2CCN(c3ncccc3C(=O)O)CC2)nn1. The number of carboxylic acid groups (broad SMARTS) is 1. The number of anilines is 1. The highest BCUT2D eigenvalue weighted by atomic mass is 16.4. The van der Waals surface area contributed by atoms with E-state index in [-0.39, 0.29) is 17.5 Å². The molecule has 3 heterocycles. The third-order valence-electron chi connectivity index (χ3n) is 4.94. The van der Waals surface area contributed by atoms with Gasteiger partial charge in [-0.1, -0.05) is 5.21 Å². The number of aromatic nitrogens is 4. The zero-order valence-electron chi connectivity index (χ0n) is 15.6. The molecular formula is C18H24N6O3. The number of piperidine rings is 1. The number of carboxylic acids is 1. The Morgan fingerprint density at radius 2 is 1.96 bits per heavy atom. The summed E-state index contributed by atoms with van der Waals surface area (Å²) in [5.41, 5.74) is 0.572. The van der Waals surface area contributed by atoms with Gasteiger partial charge >= 0.3 is 5.97 Å². The summed E-state index contributed by atoms with van der Waals surface area (Å²) in [6.45, 7) is 6.48. The van der Waals surface area contributed by atoms with Crippen LogP contribution in [0.15, 0.2) is 24.5 Å². The first-order valence-corrected chi connectivity index (χ1v) is 9.19. The van der Waals surface area contributed by atoms with Gasteiger partial charge in [0, 0.05) is 32.4 Å². The molecule has 1 N–H and O–H groups in total. The van der Waals surface area contributed by atoms with Crippen LogP contribution in [0.1, 0.15) is 53.6 Å². The van der Waals surface area contributed by atoms with E-state index in [4.69, 9.17) is 0 Å². The van der Waals surface area contributed by atoms with E-state index < -0.39 is 5.97 Å². The highest BCUT2D eigenvalue weighted by Gasteiger charge is 2.26. The summed E-state index contributed by atoms with van der Waals surface area (Å²) in [7, 11) is 0. The molecule has 0 unspecified atom stereocenters. The molecule has 0 radical (unpaired) electrons. The minimum Gasteiger partial charge on any atom is -0.478 e. The predicted molar refractivity (Wildman–Crippen MR) is 99.0 cm³/mol. The first-order valence-electron chi connectivity index (χ1n) is 9.19. The molecule has 27 heavy (non-hydrogen) atoms. The number of aromatic carboxylic acids is 1. The summed E-state index contributed by atoms with van der Waals surface area (Å²) in [5.74, 6) is -0.584. The van der Waals surface area contributed by atoms with Crippen molar-refractivity contribution in [3.8, 4) is 0 Å². The van der Waals surface area contributed by atoms with Crippen molar-refractivity contribution in [1.82, 2.24) is 24.9 Å². The highest BCUT2D eigenvalue weighted by Crippen LogP contribution is 2.27. The van der Waals surface area contributed by atoms with Crippen LogP contribution < -0.4 is 4.90 Å². The Labute approximate surface area is 157 Å². The lowest BCUT2D eigenvalue weighted by Gasteiger charge is -2.33. The molecule has 0 aliphatic carbocycles. The van der Waals surface area contributed by atoms with Crippen LogP contribution in [-0.4, -0.2) is 68.0 Å². The van der Waals surface area contributed by atoms with Gasteiger partial charge in [0.05, 0.1) is 12.2 Å². The Kier molecular flexibility index (Phi) is 5.68. The number of hydrogen-bond donors (Lipinski definition) is 1. The first-order chi connectivity index (χ1) is 13.0. The third-order valence-corrected chi connectivity index (χ3v) is 4.94. The van der Waals surface area contributed by atoms with Gasteiger partial charge in [-0.15, -0.1) is 5.10 Å². The number of amides is 1. The second kappa shape index (κ2) is 8.15. The standard InChI is InChI=1S/C18H24N6O3/c1-3-22(4-2)17(25)15-12-24(21-20-15)13-7-10-23(11-8-13)16-14(18(26)27)6-5-9-19-16/h5-6,9,12-13H,3-4,7-8,10-11H2,1-2H3,(H,26,27). The fraction of sp³-hybridized carbons (Fsp3) is 0.500. The molecule has 1 aliphatic heterocycles. The number of rotatable bonds is 6. The quantitative estimate of drug-likeness (QED) is 0.823. The minimum absolute atomic E-state index is 0.108. The van der Waals surface area contributed by atoms with Crippen LogP contribution in [-0.2, 0) is 0 Å². The molecule has 9 heteroatoms. The highest BCUT2D eigenvalue weighted by molar-refractivity contribution is 5.93. The van der Waals surface area contributed by atoms with Crippen molar-refractivity contribution in [3.05, 3.63) is 35.8 Å². The maximum Gasteiger partial charge on any atom is 0.339 e. The van der Waals surface area contributed by atoms with E-state index in [9.17, 15) is 14.7 Å². The Bertz CT molecular complexity index is 809. The number of hydrogen-bond acceptors (Lipinski definition) is 6. The second-order valence-corrected chi connectivity index (χ2v) is 6.46. The van der Waals surface area contributed by atoms with E-state index in [2.05, 4.69) is 15.3 Å². The van der Waals surface area contributed by atoms with Gasteiger partial charge < -0.3 is 14.9 Å². The fourth-order valence-corrected chi connectivity index (χ4v) is 3.38. The second-order valence-electron chi connectivity index (χ2n) is 6.46. The van der Waals surface area contributed by atoms with E-state index in [0.717, 1.165) is 12.8 Å². The smallest absolute Gasteiger partial charge is 0.339 e. The van der Waals surface area contributed by atoms with Gasteiger partial charge in [-0.25, -0.2) is 14.5 Å². The Morgan fingerprint density at radius 3 is 2.59 bits per heavy atom. The van der Waals surface area contributed by atoms with Crippen molar-refractivity contribution in [3.63, 3.8) is 0 Å². The van der Waals surface area contributed by atoms with Crippen LogP contribution >= 0.6 is 0 Å². The van der Waals surface area contributed by atoms with E-state index in [1.165, 1.54) is 0 Å². The van der Waals surface area contributed by atoms with Gasteiger partial charge in [-0.3, -0.25) is 4.79 Å². The largest absolute Gasteiger partial charge is 0.478 e. The molecule has 9 nitrogen and oxygen atoms in total. The predicted octanol–water partition coefficient (Wildman–Crippen LogP) is 1.69. The topological polar surface area (TPSA) is 104 Å². The maximum atomic E-state index is 12.4. The van der Waals surface area contributed by atoms with Crippen LogP contribution in [0.4, 0.5) is 5.82 Å². The molecule has 0 spiro atoms. The van der Waals surface area contributed by atoms with Gasteiger partial charge in [0.1, 0.15) is 11.4 Å². The van der Waals surface area contributed by atoms with Crippen molar-refractivity contribution >= 4 is 17.7 Å². The average molecular weight is 372 g/mol. The van der Waals surface area contributed by atoms with Crippen LogP contribution in [0.25, 0.3) is 0 Å². The Morgan fingerprint density at radius 1 is 1.26 bits per heavy atom. The van der Waals surface area contributed by atoms with E-state index >= 15 is 0 Å². The minimum atomic E-state index is -0.976. The maximum absolute atomic E-state index is 12.4. The van der Waals surface area contributed by atoms with Crippen molar-refractivity contribution in [2.24, 2.45) is 0 Å². The summed E-state index contributed by atoms with van der Waals surface area (Å²) in [6, 6.07) is 3.33. The number of nitrogens with zero attached hydrogens (tertiary/aromatic N) is 6. The normalized spacial score (nSPS) is 15.0. The average Bonchev–Trinajstić information content (AvgIpc) is 3.19. The van der Waals surface area contributed by atoms with E-state index in [1.807, 2.05) is 18.7 Å². The Hall–Kier alpha value is -2.97. The molecule has 0 bridgehead atoms. The number of carbonyl (C=O) groups excluding carboxylic acids is 1. The van der Waals surface area contributed by atoms with Crippen LogP contribution in [0.2, 0.25) is 0 Å². The fourth-order valence-electron chi connectivity index (χ4n) is 3.38. The number of carbonyl (C=O) groups is 2.